The van der Waals surface area contributed by atoms with Crippen molar-refractivity contribution in [3.63, 3.8) is 0 Å². The molecule has 0 fully saturated rings. The molecule has 0 spiro atoms. The number of aromatic carboxylic acids is 1. The number of pyridine rings is 1. The van der Waals surface area contributed by atoms with E-state index in [0.717, 1.165) is 24.2 Å². The molecule has 2 heterocycles. The highest BCUT2D eigenvalue weighted by Crippen LogP contribution is 2.26. The molecule has 3 N–H and O–H groups in total. The van der Waals surface area contributed by atoms with Crippen LogP contribution in [0.4, 0.5) is 5.82 Å². The Balaban J connectivity index is 1.83. The molecule has 0 radical (unpaired) electrons. The smallest absolute Gasteiger partial charge is 0.339 e. The Kier molecular flexibility index (Phi) is 3.58. The maximum absolute atomic E-state index is 11.3. The van der Waals surface area contributed by atoms with Crippen LogP contribution in [0.3, 0.4) is 0 Å². The first kappa shape index (κ1) is 13.6. The van der Waals surface area contributed by atoms with Gasteiger partial charge < -0.3 is 10.8 Å². The van der Waals surface area contributed by atoms with Crippen molar-refractivity contribution < 1.29 is 9.90 Å². The normalized spacial score (nSPS) is 14.7. The van der Waals surface area contributed by atoms with Gasteiger partial charge in [-0.1, -0.05) is 30.3 Å². The predicted molar refractivity (Wildman–Crippen MR) is 79.9 cm³/mol. The Morgan fingerprint density at radius 1 is 1.33 bits per heavy atom. The molecular formula is C16H17N3O2. The van der Waals surface area contributed by atoms with Gasteiger partial charge in [-0.25, -0.2) is 9.78 Å². The van der Waals surface area contributed by atoms with E-state index in [9.17, 15) is 9.90 Å². The van der Waals surface area contributed by atoms with E-state index in [2.05, 4.69) is 22.0 Å². The number of hydrogen-bond acceptors (Lipinski definition) is 4. The van der Waals surface area contributed by atoms with Gasteiger partial charge in [0.1, 0.15) is 11.4 Å². The van der Waals surface area contributed by atoms with Gasteiger partial charge >= 0.3 is 5.97 Å². The summed E-state index contributed by atoms with van der Waals surface area (Å²) >= 11 is 0. The average molecular weight is 283 g/mol. The van der Waals surface area contributed by atoms with Gasteiger partial charge in [-0.3, -0.25) is 4.90 Å². The molecule has 0 amide bonds. The predicted octanol–water partition coefficient (Wildman–Crippen LogP) is 1.92. The molecular weight excluding hydrogens is 266 g/mol. The summed E-state index contributed by atoms with van der Waals surface area (Å²) in [5.74, 6) is -0.883. The molecule has 1 aromatic carbocycles. The standard InChI is InChI=1S/C16H17N3O2/c17-15-14(16(20)21)13-6-7-19(10-12(13)8-18-15)9-11-4-2-1-3-5-11/h1-5,8H,6-7,9-10H2,(H2,17,18)(H,20,21). The zero-order valence-electron chi connectivity index (χ0n) is 11.6. The first-order valence-electron chi connectivity index (χ1n) is 6.91. The van der Waals surface area contributed by atoms with E-state index < -0.39 is 5.97 Å². The van der Waals surface area contributed by atoms with E-state index in [1.54, 1.807) is 6.20 Å². The highest BCUT2D eigenvalue weighted by Gasteiger charge is 2.24. The minimum Gasteiger partial charge on any atom is -0.478 e. The maximum Gasteiger partial charge on any atom is 0.339 e. The van der Waals surface area contributed by atoms with Crippen LogP contribution in [-0.4, -0.2) is 27.5 Å². The van der Waals surface area contributed by atoms with Crippen LogP contribution < -0.4 is 5.73 Å². The number of carboxylic acids is 1. The van der Waals surface area contributed by atoms with Crippen LogP contribution in [-0.2, 0) is 19.5 Å². The van der Waals surface area contributed by atoms with Crippen molar-refractivity contribution in [3.05, 3.63) is 58.8 Å². The van der Waals surface area contributed by atoms with Crippen LogP contribution in [0.1, 0.15) is 27.0 Å². The van der Waals surface area contributed by atoms with E-state index >= 15 is 0 Å². The SMILES string of the molecule is Nc1ncc2c(c1C(=O)O)CCN(Cc1ccccc1)C2. The number of carboxylic acid groups (broad SMARTS) is 1. The Hall–Kier alpha value is -2.40. The summed E-state index contributed by atoms with van der Waals surface area (Å²) in [6.45, 7) is 2.39. The minimum atomic E-state index is -0.992. The third-order valence-electron chi connectivity index (χ3n) is 3.84. The van der Waals surface area contributed by atoms with Gasteiger partial charge in [0.2, 0.25) is 0 Å². The molecule has 5 heteroatoms. The lowest BCUT2D eigenvalue weighted by atomic mass is 9.96. The van der Waals surface area contributed by atoms with Crippen molar-refractivity contribution in [3.8, 4) is 0 Å². The Labute approximate surface area is 123 Å². The van der Waals surface area contributed by atoms with E-state index in [1.807, 2.05) is 18.2 Å². The molecule has 0 saturated heterocycles. The van der Waals surface area contributed by atoms with Crippen LogP contribution in [0.2, 0.25) is 0 Å². The number of hydrogen-bond donors (Lipinski definition) is 2. The molecule has 0 bridgehead atoms. The molecule has 0 saturated carbocycles. The molecule has 1 aromatic heterocycles. The summed E-state index contributed by atoms with van der Waals surface area (Å²) < 4.78 is 0. The number of carbonyl (C=O) groups is 1. The molecule has 0 aliphatic carbocycles. The highest BCUT2D eigenvalue weighted by atomic mass is 16.4. The second kappa shape index (κ2) is 5.54. The number of nitrogens with zero attached hydrogens (tertiary/aromatic N) is 2. The summed E-state index contributed by atoms with van der Waals surface area (Å²) in [4.78, 5) is 17.7. The van der Waals surface area contributed by atoms with Crippen molar-refractivity contribution in [2.75, 3.05) is 12.3 Å². The van der Waals surface area contributed by atoms with Crippen LogP contribution >= 0.6 is 0 Å². The Morgan fingerprint density at radius 3 is 2.81 bits per heavy atom. The molecule has 21 heavy (non-hydrogen) atoms. The molecule has 3 rings (SSSR count). The Morgan fingerprint density at radius 2 is 2.10 bits per heavy atom. The summed E-state index contributed by atoms with van der Waals surface area (Å²) in [6.07, 6.45) is 2.39. The number of nitrogen functional groups attached to an aromatic ring is 1. The monoisotopic (exact) mass is 283 g/mol. The van der Waals surface area contributed by atoms with E-state index in [0.29, 0.717) is 13.0 Å². The van der Waals surface area contributed by atoms with Gasteiger partial charge in [-0.15, -0.1) is 0 Å². The largest absolute Gasteiger partial charge is 0.478 e. The average Bonchev–Trinajstić information content (AvgIpc) is 2.48. The summed E-state index contributed by atoms with van der Waals surface area (Å²) in [5.41, 5.74) is 8.92. The zero-order valence-corrected chi connectivity index (χ0v) is 11.6. The topological polar surface area (TPSA) is 79.4 Å². The van der Waals surface area contributed by atoms with Crippen LogP contribution in [0.25, 0.3) is 0 Å². The maximum atomic E-state index is 11.3. The first-order valence-corrected chi connectivity index (χ1v) is 6.91. The van der Waals surface area contributed by atoms with Gasteiger partial charge in [0.05, 0.1) is 0 Å². The van der Waals surface area contributed by atoms with Crippen molar-refractivity contribution in [2.24, 2.45) is 0 Å². The van der Waals surface area contributed by atoms with E-state index in [-0.39, 0.29) is 11.4 Å². The zero-order chi connectivity index (χ0) is 14.8. The first-order chi connectivity index (χ1) is 10.1. The molecule has 5 nitrogen and oxygen atoms in total. The van der Waals surface area contributed by atoms with E-state index in [1.165, 1.54) is 5.56 Å². The lowest BCUT2D eigenvalue weighted by Crippen LogP contribution is -2.31. The molecule has 1 aliphatic heterocycles. The van der Waals surface area contributed by atoms with Crippen LogP contribution in [0.15, 0.2) is 36.5 Å². The molecule has 0 unspecified atom stereocenters. The Bertz CT molecular complexity index is 671. The lowest BCUT2D eigenvalue weighted by molar-refractivity contribution is 0.0695. The molecule has 0 atom stereocenters. The number of nitrogens with two attached hydrogens (primary N) is 1. The third-order valence-corrected chi connectivity index (χ3v) is 3.84. The lowest BCUT2D eigenvalue weighted by Gasteiger charge is -2.29. The van der Waals surface area contributed by atoms with Gasteiger partial charge in [-0.2, -0.15) is 0 Å². The van der Waals surface area contributed by atoms with Crippen molar-refractivity contribution in [1.29, 1.82) is 0 Å². The number of anilines is 1. The number of benzene rings is 1. The van der Waals surface area contributed by atoms with Gasteiger partial charge in [0.25, 0.3) is 0 Å². The fraction of sp³-hybridized carbons (Fsp3) is 0.250. The van der Waals surface area contributed by atoms with Crippen LogP contribution in [0, 0.1) is 0 Å². The van der Waals surface area contributed by atoms with Crippen molar-refractivity contribution in [2.45, 2.75) is 19.5 Å². The van der Waals surface area contributed by atoms with E-state index in [4.69, 9.17) is 5.73 Å². The van der Waals surface area contributed by atoms with Gasteiger partial charge in [0.15, 0.2) is 0 Å². The fourth-order valence-electron chi connectivity index (χ4n) is 2.83. The van der Waals surface area contributed by atoms with Crippen molar-refractivity contribution >= 4 is 11.8 Å². The second-order valence-corrected chi connectivity index (χ2v) is 5.27. The number of aromatic nitrogens is 1. The summed E-state index contributed by atoms with van der Waals surface area (Å²) in [7, 11) is 0. The number of rotatable bonds is 3. The van der Waals surface area contributed by atoms with Crippen LogP contribution in [0.5, 0.6) is 0 Å². The summed E-state index contributed by atoms with van der Waals surface area (Å²) in [6, 6.07) is 10.2. The highest BCUT2D eigenvalue weighted by molar-refractivity contribution is 5.94. The molecule has 108 valence electrons. The van der Waals surface area contributed by atoms with Gasteiger partial charge in [-0.05, 0) is 23.1 Å². The minimum absolute atomic E-state index is 0.109. The second-order valence-electron chi connectivity index (χ2n) is 5.27. The summed E-state index contributed by atoms with van der Waals surface area (Å²) in [5, 5.41) is 9.29. The fourth-order valence-corrected chi connectivity index (χ4v) is 2.83. The number of fused-ring (bicyclic) bond motifs is 1. The quantitative estimate of drug-likeness (QED) is 0.899. The molecule has 2 aromatic rings. The molecule has 1 aliphatic rings. The van der Waals surface area contributed by atoms with Crippen molar-refractivity contribution in [1.82, 2.24) is 9.88 Å². The van der Waals surface area contributed by atoms with Gasteiger partial charge in [0, 0.05) is 25.8 Å². The third kappa shape index (κ3) is 2.73.